The van der Waals surface area contributed by atoms with Crippen molar-refractivity contribution < 1.29 is 4.74 Å². The van der Waals surface area contributed by atoms with E-state index in [4.69, 9.17) is 15.9 Å². The Morgan fingerprint density at radius 3 is 2.61 bits per heavy atom. The van der Waals surface area contributed by atoms with Crippen molar-refractivity contribution in [3.63, 3.8) is 0 Å². The van der Waals surface area contributed by atoms with Crippen LogP contribution in [0.3, 0.4) is 0 Å². The third-order valence-electron chi connectivity index (χ3n) is 2.95. The molecular formula is C14H23N3O. The number of nitrogens with one attached hydrogen (secondary N) is 1. The zero-order valence-electron chi connectivity index (χ0n) is 11.5. The third kappa shape index (κ3) is 3.74. The van der Waals surface area contributed by atoms with E-state index in [1.54, 1.807) is 7.11 Å². The van der Waals surface area contributed by atoms with Gasteiger partial charge in [0.25, 0.3) is 0 Å². The second kappa shape index (κ2) is 7.01. The molecule has 0 aliphatic carbocycles. The second-order valence-corrected chi connectivity index (χ2v) is 4.32. The fourth-order valence-electron chi connectivity index (χ4n) is 1.99. The molecule has 1 aromatic carbocycles. The van der Waals surface area contributed by atoms with E-state index in [1.807, 2.05) is 18.2 Å². The van der Waals surface area contributed by atoms with Gasteiger partial charge in [-0.2, -0.15) is 0 Å². The summed E-state index contributed by atoms with van der Waals surface area (Å²) in [5.41, 5.74) is 7.40. The van der Waals surface area contributed by atoms with Crippen molar-refractivity contribution in [1.82, 2.24) is 4.90 Å². The van der Waals surface area contributed by atoms with Crippen LogP contribution in [0.2, 0.25) is 0 Å². The van der Waals surface area contributed by atoms with Gasteiger partial charge >= 0.3 is 0 Å². The molecule has 1 rings (SSSR count). The highest BCUT2D eigenvalue weighted by atomic mass is 16.5. The number of amidine groups is 1. The van der Waals surface area contributed by atoms with Crippen LogP contribution in [-0.2, 0) is 6.54 Å². The maximum atomic E-state index is 7.57. The van der Waals surface area contributed by atoms with Crippen LogP contribution in [0, 0.1) is 5.41 Å². The number of rotatable bonds is 7. The Bertz CT molecular complexity index is 404. The van der Waals surface area contributed by atoms with Crippen molar-refractivity contribution in [1.29, 1.82) is 5.41 Å². The van der Waals surface area contributed by atoms with E-state index in [9.17, 15) is 0 Å². The summed E-state index contributed by atoms with van der Waals surface area (Å²) >= 11 is 0. The Morgan fingerprint density at radius 1 is 1.39 bits per heavy atom. The summed E-state index contributed by atoms with van der Waals surface area (Å²) in [5, 5.41) is 7.57. The van der Waals surface area contributed by atoms with E-state index in [-0.39, 0.29) is 5.84 Å². The van der Waals surface area contributed by atoms with Crippen LogP contribution in [0.15, 0.2) is 18.2 Å². The highest BCUT2D eigenvalue weighted by Gasteiger charge is 2.09. The fraction of sp³-hybridized carbons (Fsp3) is 0.500. The third-order valence-corrected chi connectivity index (χ3v) is 2.95. The van der Waals surface area contributed by atoms with Crippen LogP contribution in [-0.4, -0.2) is 30.9 Å². The van der Waals surface area contributed by atoms with E-state index >= 15 is 0 Å². The predicted octanol–water partition coefficient (Wildman–Crippen LogP) is 2.21. The summed E-state index contributed by atoms with van der Waals surface area (Å²) in [6.45, 7) is 7.32. The molecule has 0 radical (unpaired) electrons. The monoisotopic (exact) mass is 249 g/mol. The first-order valence-corrected chi connectivity index (χ1v) is 6.36. The lowest BCUT2D eigenvalue weighted by molar-refractivity contribution is 0.280. The quantitative estimate of drug-likeness (QED) is 0.575. The molecule has 0 bridgehead atoms. The fourth-order valence-corrected chi connectivity index (χ4v) is 1.99. The standard InChI is InChI=1S/C14H23N3O/c1-4-8-17(5-2)10-11-6-7-13(18-3)12(9-11)14(15)16/h6-7,9H,4-5,8,10H2,1-3H3,(H3,15,16). The van der Waals surface area contributed by atoms with Gasteiger partial charge in [-0.1, -0.05) is 19.9 Å². The van der Waals surface area contributed by atoms with Crippen LogP contribution >= 0.6 is 0 Å². The van der Waals surface area contributed by atoms with Crippen LogP contribution in [0.25, 0.3) is 0 Å². The van der Waals surface area contributed by atoms with E-state index in [0.717, 1.165) is 31.6 Å². The van der Waals surface area contributed by atoms with E-state index in [0.29, 0.717) is 11.3 Å². The maximum absolute atomic E-state index is 7.57. The van der Waals surface area contributed by atoms with E-state index < -0.39 is 0 Å². The van der Waals surface area contributed by atoms with Crippen molar-refractivity contribution in [2.45, 2.75) is 26.8 Å². The van der Waals surface area contributed by atoms with Gasteiger partial charge in [-0.3, -0.25) is 10.3 Å². The van der Waals surface area contributed by atoms with Crippen molar-refractivity contribution in [3.8, 4) is 5.75 Å². The van der Waals surface area contributed by atoms with Crippen LogP contribution in [0.1, 0.15) is 31.4 Å². The first-order chi connectivity index (χ1) is 8.62. The molecule has 0 saturated heterocycles. The van der Waals surface area contributed by atoms with Crippen molar-refractivity contribution >= 4 is 5.84 Å². The molecule has 0 aliphatic rings. The first-order valence-electron chi connectivity index (χ1n) is 6.36. The molecule has 0 spiro atoms. The van der Waals surface area contributed by atoms with Crippen LogP contribution in [0.4, 0.5) is 0 Å². The number of nitrogens with zero attached hydrogens (tertiary/aromatic N) is 1. The molecule has 0 heterocycles. The van der Waals surface area contributed by atoms with Crippen LogP contribution in [0.5, 0.6) is 5.75 Å². The Balaban J connectivity index is 2.90. The van der Waals surface area contributed by atoms with Gasteiger partial charge < -0.3 is 10.5 Å². The molecule has 0 atom stereocenters. The molecule has 0 fully saturated rings. The molecule has 100 valence electrons. The average Bonchev–Trinajstić information content (AvgIpc) is 2.38. The Hall–Kier alpha value is -1.55. The van der Waals surface area contributed by atoms with Gasteiger partial charge in [0, 0.05) is 6.54 Å². The predicted molar refractivity (Wildman–Crippen MR) is 75.3 cm³/mol. The second-order valence-electron chi connectivity index (χ2n) is 4.32. The summed E-state index contributed by atoms with van der Waals surface area (Å²) in [6, 6.07) is 5.86. The molecule has 0 saturated carbocycles. The molecule has 3 N–H and O–H groups in total. The number of nitrogen functional groups attached to an aromatic ring is 1. The normalized spacial score (nSPS) is 10.7. The lowest BCUT2D eigenvalue weighted by Crippen LogP contribution is -2.24. The summed E-state index contributed by atoms with van der Waals surface area (Å²) in [4.78, 5) is 2.37. The molecule has 18 heavy (non-hydrogen) atoms. The van der Waals surface area contributed by atoms with Gasteiger partial charge in [0.15, 0.2) is 0 Å². The van der Waals surface area contributed by atoms with Crippen LogP contribution < -0.4 is 10.5 Å². The van der Waals surface area contributed by atoms with Crippen molar-refractivity contribution in [2.24, 2.45) is 5.73 Å². The molecule has 0 amide bonds. The van der Waals surface area contributed by atoms with Gasteiger partial charge in [0.1, 0.15) is 11.6 Å². The first kappa shape index (κ1) is 14.5. The molecule has 0 aromatic heterocycles. The van der Waals surface area contributed by atoms with Crippen molar-refractivity contribution in [2.75, 3.05) is 20.2 Å². The Labute approximate surface area is 109 Å². The topological polar surface area (TPSA) is 62.3 Å². The molecule has 0 unspecified atom stereocenters. The smallest absolute Gasteiger partial charge is 0.129 e. The maximum Gasteiger partial charge on any atom is 0.129 e. The molecule has 4 nitrogen and oxygen atoms in total. The molecule has 1 aromatic rings. The number of hydrogen-bond acceptors (Lipinski definition) is 3. The largest absolute Gasteiger partial charge is 0.496 e. The Morgan fingerprint density at radius 2 is 2.11 bits per heavy atom. The lowest BCUT2D eigenvalue weighted by Gasteiger charge is -2.20. The minimum atomic E-state index is 0.0484. The lowest BCUT2D eigenvalue weighted by atomic mass is 10.1. The highest BCUT2D eigenvalue weighted by molar-refractivity contribution is 5.97. The summed E-state index contributed by atoms with van der Waals surface area (Å²) in [5.74, 6) is 0.706. The van der Waals surface area contributed by atoms with E-state index in [2.05, 4.69) is 18.7 Å². The Kier molecular flexibility index (Phi) is 5.65. The summed E-state index contributed by atoms with van der Waals surface area (Å²) in [7, 11) is 1.59. The molecule has 4 heteroatoms. The van der Waals surface area contributed by atoms with Gasteiger partial charge in [0.2, 0.25) is 0 Å². The van der Waals surface area contributed by atoms with Gasteiger partial charge in [-0.05, 0) is 37.2 Å². The minimum Gasteiger partial charge on any atom is -0.496 e. The number of hydrogen-bond donors (Lipinski definition) is 2. The van der Waals surface area contributed by atoms with Gasteiger partial charge in [0.05, 0.1) is 12.7 Å². The van der Waals surface area contributed by atoms with Crippen molar-refractivity contribution in [3.05, 3.63) is 29.3 Å². The average molecular weight is 249 g/mol. The SMILES string of the molecule is CCCN(CC)Cc1ccc(OC)c(C(=N)N)c1. The van der Waals surface area contributed by atoms with Gasteiger partial charge in [-0.15, -0.1) is 0 Å². The zero-order valence-corrected chi connectivity index (χ0v) is 11.5. The molecular weight excluding hydrogens is 226 g/mol. The molecule has 0 aliphatic heterocycles. The number of methoxy groups -OCH3 is 1. The number of ether oxygens (including phenoxy) is 1. The highest BCUT2D eigenvalue weighted by Crippen LogP contribution is 2.20. The number of nitrogens with two attached hydrogens (primary N) is 1. The number of benzene rings is 1. The summed E-state index contributed by atoms with van der Waals surface area (Å²) < 4.78 is 5.21. The minimum absolute atomic E-state index is 0.0484. The van der Waals surface area contributed by atoms with Gasteiger partial charge in [-0.25, -0.2) is 0 Å². The van der Waals surface area contributed by atoms with E-state index in [1.165, 1.54) is 0 Å². The summed E-state index contributed by atoms with van der Waals surface area (Å²) in [6.07, 6.45) is 1.14. The zero-order chi connectivity index (χ0) is 13.5.